The van der Waals surface area contributed by atoms with E-state index in [-0.39, 0.29) is 11.5 Å². The summed E-state index contributed by atoms with van der Waals surface area (Å²) in [5.74, 6) is 0.193. The summed E-state index contributed by atoms with van der Waals surface area (Å²) in [7, 11) is 0. The Hall–Kier alpha value is -3.14. The van der Waals surface area contributed by atoms with Crippen molar-refractivity contribution in [3.05, 3.63) is 83.9 Å². The van der Waals surface area contributed by atoms with Crippen LogP contribution in [0.15, 0.2) is 72.8 Å². The van der Waals surface area contributed by atoms with Gasteiger partial charge in [0.05, 0.1) is 11.4 Å². The Kier molecular flexibility index (Phi) is 4.87. The summed E-state index contributed by atoms with van der Waals surface area (Å²) < 4.78 is 0. The van der Waals surface area contributed by atoms with Crippen LogP contribution in [0.25, 0.3) is 0 Å². The van der Waals surface area contributed by atoms with Gasteiger partial charge < -0.3 is 20.8 Å². The Morgan fingerprint density at radius 1 is 0.583 bits per heavy atom. The molecule has 4 heteroatoms. The first-order valence-electron chi connectivity index (χ1n) is 7.84. The molecule has 0 aromatic heterocycles. The number of phenolic OH excluding ortho intramolecular Hbond substituents is 2. The molecule has 0 spiro atoms. The number of aromatic hydroxyl groups is 2. The highest BCUT2D eigenvalue weighted by molar-refractivity contribution is 5.70. The highest BCUT2D eigenvalue weighted by atomic mass is 16.3. The van der Waals surface area contributed by atoms with Crippen LogP contribution in [0.3, 0.4) is 0 Å². The Bertz CT molecular complexity index is 720. The van der Waals surface area contributed by atoms with Gasteiger partial charge in [-0.25, -0.2) is 0 Å². The van der Waals surface area contributed by atoms with Crippen molar-refractivity contribution in [3.63, 3.8) is 0 Å². The molecule has 0 atom stereocenters. The second-order valence-corrected chi connectivity index (χ2v) is 5.56. The van der Waals surface area contributed by atoms with E-state index in [9.17, 15) is 10.2 Å². The maximum Gasteiger partial charge on any atom is 0.141 e. The summed E-state index contributed by atoms with van der Waals surface area (Å²) in [5.41, 5.74) is 3.20. The van der Waals surface area contributed by atoms with Crippen LogP contribution < -0.4 is 10.6 Å². The zero-order chi connectivity index (χ0) is 16.8. The Morgan fingerprint density at radius 3 is 1.33 bits per heavy atom. The van der Waals surface area contributed by atoms with Crippen LogP contribution in [-0.2, 0) is 13.1 Å². The highest BCUT2D eigenvalue weighted by Crippen LogP contribution is 2.35. The molecule has 122 valence electrons. The van der Waals surface area contributed by atoms with E-state index in [1.54, 1.807) is 0 Å². The van der Waals surface area contributed by atoms with E-state index in [1.165, 1.54) is 12.1 Å². The minimum atomic E-state index is 0.0966. The smallest absolute Gasteiger partial charge is 0.141 e. The maximum absolute atomic E-state index is 10.2. The second kappa shape index (κ2) is 7.42. The molecule has 0 heterocycles. The molecule has 0 aliphatic carbocycles. The first-order chi connectivity index (χ1) is 11.7. The fourth-order valence-corrected chi connectivity index (χ4v) is 2.45. The molecular weight excluding hydrogens is 300 g/mol. The molecule has 0 saturated heterocycles. The van der Waals surface area contributed by atoms with Gasteiger partial charge in [0.25, 0.3) is 0 Å². The van der Waals surface area contributed by atoms with Crippen LogP contribution in [-0.4, -0.2) is 10.2 Å². The minimum Gasteiger partial charge on any atom is -0.506 e. The van der Waals surface area contributed by atoms with Crippen molar-refractivity contribution in [2.24, 2.45) is 0 Å². The third kappa shape index (κ3) is 3.98. The molecule has 0 bridgehead atoms. The van der Waals surface area contributed by atoms with Gasteiger partial charge in [-0.3, -0.25) is 0 Å². The first kappa shape index (κ1) is 15.7. The molecule has 4 nitrogen and oxygen atoms in total. The molecule has 3 aromatic rings. The number of hydrogen-bond acceptors (Lipinski definition) is 4. The molecule has 0 fully saturated rings. The van der Waals surface area contributed by atoms with Gasteiger partial charge in [0.1, 0.15) is 11.5 Å². The van der Waals surface area contributed by atoms with Crippen LogP contribution in [0.4, 0.5) is 11.4 Å². The molecule has 0 unspecified atom stereocenters. The van der Waals surface area contributed by atoms with Crippen molar-refractivity contribution in [2.45, 2.75) is 13.1 Å². The van der Waals surface area contributed by atoms with Gasteiger partial charge in [-0.05, 0) is 11.1 Å². The van der Waals surface area contributed by atoms with Crippen LogP contribution in [0.2, 0.25) is 0 Å². The lowest BCUT2D eigenvalue weighted by atomic mass is 10.2. The number of phenols is 2. The van der Waals surface area contributed by atoms with Crippen molar-refractivity contribution in [1.29, 1.82) is 0 Å². The number of hydrogen-bond donors (Lipinski definition) is 4. The zero-order valence-corrected chi connectivity index (χ0v) is 13.2. The molecule has 0 saturated carbocycles. The lowest BCUT2D eigenvalue weighted by Crippen LogP contribution is -2.02. The van der Waals surface area contributed by atoms with Crippen LogP contribution in [0.1, 0.15) is 11.1 Å². The number of rotatable bonds is 6. The van der Waals surface area contributed by atoms with Gasteiger partial charge in [-0.1, -0.05) is 60.7 Å². The molecule has 0 aliphatic rings. The molecule has 0 amide bonds. The van der Waals surface area contributed by atoms with Crippen LogP contribution in [0, 0.1) is 0 Å². The van der Waals surface area contributed by atoms with Gasteiger partial charge in [-0.15, -0.1) is 0 Å². The average Bonchev–Trinajstić information content (AvgIpc) is 2.62. The van der Waals surface area contributed by atoms with Crippen LogP contribution in [0.5, 0.6) is 11.5 Å². The predicted octanol–water partition coefficient (Wildman–Crippen LogP) is 4.32. The van der Waals surface area contributed by atoms with Gasteiger partial charge in [0.2, 0.25) is 0 Å². The summed E-state index contributed by atoms with van der Waals surface area (Å²) in [6.45, 7) is 1.15. The highest BCUT2D eigenvalue weighted by Gasteiger charge is 2.08. The molecule has 0 radical (unpaired) electrons. The Labute approximate surface area is 141 Å². The summed E-state index contributed by atoms with van der Waals surface area (Å²) in [6.07, 6.45) is 0. The minimum absolute atomic E-state index is 0.0966. The Morgan fingerprint density at radius 2 is 0.958 bits per heavy atom. The van der Waals surface area contributed by atoms with Gasteiger partial charge in [0.15, 0.2) is 0 Å². The standard InChI is InChI=1S/C20H20N2O2/c23-19-12-18(22-14-16-9-5-2-6-10-16)20(24)11-17(19)21-13-15-7-3-1-4-8-15/h1-12,21-24H,13-14H2. The lowest BCUT2D eigenvalue weighted by molar-refractivity contribution is 0.463. The van der Waals surface area contributed by atoms with Gasteiger partial charge in [0, 0.05) is 25.2 Å². The summed E-state index contributed by atoms with van der Waals surface area (Å²) in [4.78, 5) is 0. The third-order valence-corrected chi connectivity index (χ3v) is 3.77. The summed E-state index contributed by atoms with van der Waals surface area (Å²) in [5, 5.41) is 26.6. The van der Waals surface area contributed by atoms with Crippen molar-refractivity contribution in [2.75, 3.05) is 10.6 Å². The second-order valence-electron chi connectivity index (χ2n) is 5.56. The average molecular weight is 320 g/mol. The fourth-order valence-electron chi connectivity index (χ4n) is 2.45. The fraction of sp³-hybridized carbons (Fsp3) is 0.100. The van der Waals surface area contributed by atoms with E-state index >= 15 is 0 Å². The number of anilines is 2. The quantitative estimate of drug-likeness (QED) is 0.403. The largest absolute Gasteiger partial charge is 0.506 e. The Balaban J connectivity index is 1.67. The molecular formula is C20H20N2O2. The third-order valence-electron chi connectivity index (χ3n) is 3.77. The van der Waals surface area contributed by atoms with E-state index in [1.807, 2.05) is 60.7 Å². The molecule has 24 heavy (non-hydrogen) atoms. The zero-order valence-electron chi connectivity index (χ0n) is 13.2. The summed E-state index contributed by atoms with van der Waals surface area (Å²) >= 11 is 0. The van der Waals surface area contributed by atoms with E-state index < -0.39 is 0 Å². The SMILES string of the molecule is Oc1cc(NCc2ccccc2)c(O)cc1NCc1ccccc1. The van der Waals surface area contributed by atoms with Gasteiger partial charge in [-0.2, -0.15) is 0 Å². The monoisotopic (exact) mass is 320 g/mol. The van der Waals surface area contributed by atoms with Crippen LogP contribution >= 0.6 is 0 Å². The lowest BCUT2D eigenvalue weighted by Gasteiger charge is -2.13. The van der Waals surface area contributed by atoms with Crippen molar-refractivity contribution >= 4 is 11.4 Å². The normalized spacial score (nSPS) is 10.3. The number of nitrogens with one attached hydrogen (secondary N) is 2. The molecule has 3 rings (SSSR count). The van der Waals surface area contributed by atoms with E-state index in [0.717, 1.165) is 11.1 Å². The van der Waals surface area contributed by atoms with E-state index in [2.05, 4.69) is 10.6 Å². The molecule has 0 aliphatic heterocycles. The van der Waals surface area contributed by atoms with Gasteiger partial charge >= 0.3 is 0 Å². The van der Waals surface area contributed by atoms with Crippen molar-refractivity contribution in [1.82, 2.24) is 0 Å². The topological polar surface area (TPSA) is 64.5 Å². The maximum atomic E-state index is 10.2. The predicted molar refractivity (Wildman–Crippen MR) is 97.3 cm³/mol. The van der Waals surface area contributed by atoms with Crippen molar-refractivity contribution < 1.29 is 10.2 Å². The van der Waals surface area contributed by atoms with Crippen molar-refractivity contribution in [3.8, 4) is 11.5 Å². The molecule has 4 N–H and O–H groups in total. The summed E-state index contributed by atoms with van der Waals surface area (Å²) in [6, 6.07) is 22.8. The molecule has 3 aromatic carbocycles. The van der Waals surface area contributed by atoms with E-state index in [4.69, 9.17) is 0 Å². The number of benzene rings is 3. The van der Waals surface area contributed by atoms with E-state index in [0.29, 0.717) is 24.5 Å². The first-order valence-corrected chi connectivity index (χ1v) is 7.84.